The first-order chi connectivity index (χ1) is 8.69. The van der Waals surface area contributed by atoms with Gasteiger partial charge in [-0.2, -0.15) is 4.98 Å². The van der Waals surface area contributed by atoms with Gasteiger partial charge in [0.15, 0.2) is 0 Å². The quantitative estimate of drug-likeness (QED) is 0.907. The third-order valence-corrected chi connectivity index (χ3v) is 2.55. The lowest BCUT2D eigenvalue weighted by atomic mass is 10.2. The number of nitrogens with zero attached hydrogens (tertiary/aromatic N) is 2. The van der Waals surface area contributed by atoms with Crippen molar-refractivity contribution in [2.75, 3.05) is 11.9 Å². The molecule has 0 aliphatic carbocycles. The molecule has 0 unspecified atom stereocenters. The van der Waals surface area contributed by atoms with E-state index in [2.05, 4.69) is 36.4 Å². The first kappa shape index (κ1) is 12.6. The van der Waals surface area contributed by atoms with E-state index in [0.29, 0.717) is 12.2 Å². The summed E-state index contributed by atoms with van der Waals surface area (Å²) in [7, 11) is 0. The van der Waals surface area contributed by atoms with Crippen molar-refractivity contribution in [1.82, 2.24) is 15.2 Å². The summed E-state index contributed by atoms with van der Waals surface area (Å²) in [5.41, 5.74) is 0.527. The highest BCUT2D eigenvalue weighted by Crippen LogP contribution is 2.13. The molecule has 1 aromatic heterocycles. The van der Waals surface area contributed by atoms with Crippen LogP contribution in [0.15, 0.2) is 28.7 Å². The van der Waals surface area contributed by atoms with Gasteiger partial charge in [0.05, 0.1) is 6.61 Å². The van der Waals surface area contributed by atoms with E-state index in [1.54, 1.807) is 18.2 Å². The smallest absolute Gasteiger partial charge is 0.337 e. The molecular weight excluding hydrogens is 300 g/mol. The fraction of sp³-hybridized carbons (Fsp3) is 0.182. The van der Waals surface area contributed by atoms with Gasteiger partial charge in [-0.25, -0.2) is 5.10 Å². The molecular formula is C11H11BrN4O2. The number of hydrogen-bond acceptors (Lipinski definition) is 4. The van der Waals surface area contributed by atoms with Crippen molar-refractivity contribution in [3.05, 3.63) is 34.3 Å². The summed E-state index contributed by atoms with van der Waals surface area (Å²) in [4.78, 5) is 15.8. The van der Waals surface area contributed by atoms with Crippen LogP contribution in [0.2, 0.25) is 0 Å². The lowest BCUT2D eigenvalue weighted by Gasteiger charge is -2.01. The fourth-order valence-electron chi connectivity index (χ4n) is 1.31. The third kappa shape index (κ3) is 3.07. The molecule has 18 heavy (non-hydrogen) atoms. The normalized spacial score (nSPS) is 10.1. The van der Waals surface area contributed by atoms with Crippen LogP contribution in [0.3, 0.4) is 0 Å². The summed E-state index contributed by atoms with van der Waals surface area (Å²) in [6.45, 7) is 2.30. The van der Waals surface area contributed by atoms with E-state index in [4.69, 9.17) is 4.74 Å². The Kier molecular flexibility index (Phi) is 3.93. The van der Waals surface area contributed by atoms with E-state index >= 15 is 0 Å². The molecule has 0 atom stereocenters. The highest BCUT2D eigenvalue weighted by atomic mass is 79.9. The van der Waals surface area contributed by atoms with Crippen LogP contribution < -0.4 is 10.1 Å². The van der Waals surface area contributed by atoms with Crippen molar-refractivity contribution in [2.45, 2.75) is 6.92 Å². The summed E-state index contributed by atoms with van der Waals surface area (Å²) < 4.78 is 5.92. The Bertz CT molecular complexity index is 555. The lowest BCUT2D eigenvalue weighted by molar-refractivity contribution is 0.102. The average molecular weight is 311 g/mol. The summed E-state index contributed by atoms with van der Waals surface area (Å²) in [6.07, 6.45) is 0. The largest absolute Gasteiger partial charge is 0.463 e. The molecule has 1 heterocycles. The monoisotopic (exact) mass is 310 g/mol. The minimum atomic E-state index is -0.268. The van der Waals surface area contributed by atoms with Gasteiger partial charge in [-0.15, -0.1) is 5.10 Å². The van der Waals surface area contributed by atoms with E-state index in [1.165, 1.54) is 0 Å². The number of H-pyrrole nitrogens is 1. The number of aromatic nitrogens is 3. The van der Waals surface area contributed by atoms with Gasteiger partial charge in [0.1, 0.15) is 0 Å². The van der Waals surface area contributed by atoms with Crippen LogP contribution in [0.4, 0.5) is 5.95 Å². The molecule has 1 amide bonds. The number of halogens is 1. The van der Waals surface area contributed by atoms with E-state index in [0.717, 1.165) is 4.47 Å². The molecule has 0 aliphatic heterocycles. The highest BCUT2D eigenvalue weighted by molar-refractivity contribution is 9.10. The maximum Gasteiger partial charge on any atom is 0.337 e. The number of carbonyl (C=O) groups excluding carboxylic acids is 1. The highest BCUT2D eigenvalue weighted by Gasteiger charge is 2.09. The molecule has 0 spiro atoms. The van der Waals surface area contributed by atoms with Crippen LogP contribution in [0.25, 0.3) is 0 Å². The van der Waals surface area contributed by atoms with E-state index < -0.39 is 0 Å². The average Bonchev–Trinajstić information content (AvgIpc) is 2.77. The Morgan fingerprint density at radius 2 is 2.39 bits per heavy atom. The second kappa shape index (κ2) is 5.63. The number of ether oxygens (including phenoxy) is 1. The molecule has 0 fully saturated rings. The SMILES string of the molecule is CCOc1n[nH]c(NC(=O)c2cccc(Br)c2)n1. The van der Waals surface area contributed by atoms with Crippen LogP contribution in [-0.4, -0.2) is 27.7 Å². The summed E-state index contributed by atoms with van der Waals surface area (Å²) in [5.74, 6) is -0.0149. The van der Waals surface area contributed by atoms with Crippen molar-refractivity contribution >= 4 is 27.8 Å². The minimum absolute atomic E-state index is 0.210. The zero-order chi connectivity index (χ0) is 13.0. The third-order valence-electron chi connectivity index (χ3n) is 2.06. The van der Waals surface area contributed by atoms with Gasteiger partial charge in [-0.05, 0) is 25.1 Å². The Hall–Kier alpha value is -1.89. The maximum absolute atomic E-state index is 11.9. The van der Waals surface area contributed by atoms with Crippen LogP contribution in [0.5, 0.6) is 6.01 Å². The molecule has 2 N–H and O–H groups in total. The van der Waals surface area contributed by atoms with Crippen LogP contribution in [0, 0.1) is 0 Å². The topological polar surface area (TPSA) is 79.9 Å². The molecule has 7 heteroatoms. The summed E-state index contributed by atoms with van der Waals surface area (Å²) >= 11 is 3.30. The van der Waals surface area contributed by atoms with Gasteiger partial charge >= 0.3 is 6.01 Å². The molecule has 0 aliphatic rings. The Labute approximate surface area is 112 Å². The van der Waals surface area contributed by atoms with Crippen molar-refractivity contribution in [1.29, 1.82) is 0 Å². The van der Waals surface area contributed by atoms with Crippen molar-refractivity contribution in [2.24, 2.45) is 0 Å². The number of nitrogens with one attached hydrogen (secondary N) is 2. The minimum Gasteiger partial charge on any atom is -0.463 e. The zero-order valence-corrected chi connectivity index (χ0v) is 11.2. The van der Waals surface area contributed by atoms with Gasteiger partial charge < -0.3 is 4.74 Å². The van der Waals surface area contributed by atoms with Gasteiger partial charge in [0.25, 0.3) is 5.91 Å². The molecule has 0 bridgehead atoms. The van der Waals surface area contributed by atoms with Gasteiger partial charge in [0.2, 0.25) is 5.95 Å². The second-order valence-electron chi connectivity index (χ2n) is 3.36. The summed E-state index contributed by atoms with van der Waals surface area (Å²) in [6, 6.07) is 7.26. The second-order valence-corrected chi connectivity index (χ2v) is 4.28. The molecule has 6 nitrogen and oxygen atoms in total. The summed E-state index contributed by atoms with van der Waals surface area (Å²) in [5, 5.41) is 8.96. The fourth-order valence-corrected chi connectivity index (χ4v) is 1.70. The van der Waals surface area contributed by atoms with E-state index in [9.17, 15) is 4.79 Å². The number of aromatic amines is 1. The molecule has 2 aromatic rings. The van der Waals surface area contributed by atoms with Crippen LogP contribution in [-0.2, 0) is 0 Å². The predicted molar refractivity (Wildman–Crippen MR) is 69.6 cm³/mol. The van der Waals surface area contributed by atoms with Crippen molar-refractivity contribution < 1.29 is 9.53 Å². The zero-order valence-electron chi connectivity index (χ0n) is 9.61. The molecule has 0 radical (unpaired) electrons. The maximum atomic E-state index is 11.9. The van der Waals surface area contributed by atoms with Crippen molar-refractivity contribution in [3.8, 4) is 6.01 Å². The number of amides is 1. The Morgan fingerprint density at radius 1 is 1.56 bits per heavy atom. The number of hydrogen-bond donors (Lipinski definition) is 2. The van der Waals surface area contributed by atoms with E-state index in [1.807, 2.05) is 13.0 Å². The first-order valence-electron chi connectivity index (χ1n) is 5.31. The standard InChI is InChI=1S/C11H11BrN4O2/c1-2-18-11-14-10(15-16-11)13-9(17)7-4-3-5-8(12)6-7/h3-6H,2H2,1H3,(H2,13,14,15,16,17). The van der Waals surface area contributed by atoms with Crippen molar-refractivity contribution in [3.63, 3.8) is 0 Å². The number of benzene rings is 1. The molecule has 0 saturated heterocycles. The van der Waals surface area contributed by atoms with Gasteiger partial charge in [-0.1, -0.05) is 22.0 Å². The first-order valence-corrected chi connectivity index (χ1v) is 6.10. The van der Waals surface area contributed by atoms with Crippen LogP contribution in [0.1, 0.15) is 17.3 Å². The van der Waals surface area contributed by atoms with Crippen LogP contribution >= 0.6 is 15.9 Å². The molecule has 1 aromatic carbocycles. The number of carbonyl (C=O) groups is 1. The molecule has 0 saturated carbocycles. The molecule has 2 rings (SSSR count). The van der Waals surface area contributed by atoms with Gasteiger partial charge in [-0.3, -0.25) is 10.1 Å². The number of rotatable bonds is 4. The molecule has 94 valence electrons. The van der Waals surface area contributed by atoms with E-state index in [-0.39, 0.29) is 17.9 Å². The predicted octanol–water partition coefficient (Wildman–Crippen LogP) is 2.22. The lowest BCUT2D eigenvalue weighted by Crippen LogP contribution is -2.12. The van der Waals surface area contributed by atoms with Gasteiger partial charge in [0, 0.05) is 10.0 Å². The Balaban J connectivity index is 2.06. The Morgan fingerprint density at radius 3 is 3.11 bits per heavy atom. The number of anilines is 1.